The van der Waals surface area contributed by atoms with Crippen LogP contribution < -0.4 is 5.73 Å². The molecule has 0 heterocycles. The van der Waals surface area contributed by atoms with E-state index in [1.54, 1.807) is 13.0 Å². The van der Waals surface area contributed by atoms with Crippen molar-refractivity contribution in [3.05, 3.63) is 71.9 Å². The van der Waals surface area contributed by atoms with Gasteiger partial charge in [0, 0.05) is 5.71 Å². The van der Waals surface area contributed by atoms with Gasteiger partial charge in [-0.2, -0.15) is 0 Å². The smallest absolute Gasteiger partial charge is 0.163 e. The van der Waals surface area contributed by atoms with Gasteiger partial charge in [0.2, 0.25) is 0 Å². The van der Waals surface area contributed by atoms with Crippen LogP contribution in [0.4, 0.5) is 4.39 Å². The third kappa shape index (κ3) is 5.65. The summed E-state index contributed by atoms with van der Waals surface area (Å²) >= 11 is 0. The summed E-state index contributed by atoms with van der Waals surface area (Å²) < 4.78 is 13.2. The molecule has 0 fully saturated rings. The molecule has 0 spiro atoms. The van der Waals surface area contributed by atoms with Crippen molar-refractivity contribution in [3.63, 3.8) is 0 Å². The number of halogens is 1. The van der Waals surface area contributed by atoms with Gasteiger partial charge in [0.1, 0.15) is 0 Å². The molecule has 0 aromatic rings. The lowest BCUT2D eigenvalue weighted by atomic mass is 9.97. The van der Waals surface area contributed by atoms with E-state index in [1.165, 1.54) is 0 Å². The molecule has 20 heavy (non-hydrogen) atoms. The van der Waals surface area contributed by atoms with E-state index >= 15 is 0 Å². The van der Waals surface area contributed by atoms with E-state index in [4.69, 9.17) is 5.73 Å². The van der Waals surface area contributed by atoms with Crippen molar-refractivity contribution in [3.8, 4) is 0 Å². The summed E-state index contributed by atoms with van der Waals surface area (Å²) in [5.74, 6) is -0.645. The van der Waals surface area contributed by atoms with Crippen molar-refractivity contribution in [2.75, 3.05) is 0 Å². The van der Waals surface area contributed by atoms with Crippen LogP contribution in [0.5, 0.6) is 0 Å². The van der Waals surface area contributed by atoms with Crippen LogP contribution >= 0.6 is 0 Å². The molecular formula is C17H23FN2. The van der Waals surface area contributed by atoms with Gasteiger partial charge < -0.3 is 5.73 Å². The highest BCUT2D eigenvalue weighted by atomic mass is 19.1. The fourth-order valence-electron chi connectivity index (χ4n) is 1.33. The molecule has 0 saturated carbocycles. The minimum Gasteiger partial charge on any atom is -0.397 e. The molecular weight excluding hydrogens is 251 g/mol. The number of rotatable bonds is 6. The maximum Gasteiger partial charge on any atom is 0.163 e. The average Bonchev–Trinajstić information content (AvgIpc) is 2.39. The zero-order valence-electron chi connectivity index (χ0n) is 12.8. The van der Waals surface area contributed by atoms with Gasteiger partial charge in [-0.25, -0.2) is 4.39 Å². The number of nitrogens with two attached hydrogens (primary N) is 1. The second kappa shape index (κ2) is 8.10. The molecule has 2 N–H and O–H groups in total. The maximum absolute atomic E-state index is 13.2. The summed E-state index contributed by atoms with van der Waals surface area (Å²) in [5, 5.41) is 0. The molecule has 0 amide bonds. The van der Waals surface area contributed by atoms with Crippen LogP contribution in [-0.4, -0.2) is 5.71 Å². The SMILES string of the molecule is C=C/C(C)=C\C(C(=C)/C(C)=N/C=C(/F)C(=C)N)=C(C)C. The third-order valence-corrected chi connectivity index (χ3v) is 2.67. The molecule has 0 saturated heterocycles. The van der Waals surface area contributed by atoms with Crippen molar-refractivity contribution in [2.24, 2.45) is 10.7 Å². The van der Waals surface area contributed by atoms with Gasteiger partial charge in [0.05, 0.1) is 11.9 Å². The summed E-state index contributed by atoms with van der Waals surface area (Å²) in [5.41, 5.74) is 9.52. The average molecular weight is 274 g/mol. The van der Waals surface area contributed by atoms with Gasteiger partial charge >= 0.3 is 0 Å². The largest absolute Gasteiger partial charge is 0.397 e. The monoisotopic (exact) mass is 274 g/mol. The molecule has 0 rings (SSSR count). The number of hydrogen-bond acceptors (Lipinski definition) is 2. The first-order valence-electron chi connectivity index (χ1n) is 6.23. The lowest BCUT2D eigenvalue weighted by molar-refractivity contribution is 0.646. The minimum atomic E-state index is -0.645. The van der Waals surface area contributed by atoms with Crippen molar-refractivity contribution < 1.29 is 4.39 Å². The number of aliphatic imine (C=N–C) groups is 1. The van der Waals surface area contributed by atoms with E-state index in [2.05, 4.69) is 24.7 Å². The van der Waals surface area contributed by atoms with E-state index < -0.39 is 5.83 Å². The van der Waals surface area contributed by atoms with Gasteiger partial charge in [-0.1, -0.05) is 43.0 Å². The molecule has 108 valence electrons. The van der Waals surface area contributed by atoms with Crippen LogP contribution in [0.3, 0.4) is 0 Å². The second-order valence-electron chi connectivity index (χ2n) is 4.70. The molecule has 0 radical (unpaired) electrons. The molecule has 3 heteroatoms. The highest BCUT2D eigenvalue weighted by Crippen LogP contribution is 2.19. The predicted octanol–water partition coefficient (Wildman–Crippen LogP) is 4.76. The number of hydrogen-bond donors (Lipinski definition) is 1. The number of nitrogens with zero attached hydrogens (tertiary/aromatic N) is 1. The third-order valence-electron chi connectivity index (χ3n) is 2.67. The molecule has 0 aromatic carbocycles. The Hall–Kier alpha value is -2.16. The van der Waals surface area contributed by atoms with Crippen LogP contribution in [0.15, 0.2) is 76.9 Å². The molecule has 0 aliphatic rings. The van der Waals surface area contributed by atoms with Gasteiger partial charge in [-0.15, -0.1) is 0 Å². The molecule has 0 aliphatic carbocycles. The zero-order valence-corrected chi connectivity index (χ0v) is 12.8. The van der Waals surface area contributed by atoms with E-state index in [1.807, 2.05) is 26.8 Å². The first kappa shape index (κ1) is 17.8. The number of allylic oxidation sites excluding steroid dienone is 7. The van der Waals surface area contributed by atoms with Crippen molar-refractivity contribution in [2.45, 2.75) is 27.7 Å². The summed E-state index contributed by atoms with van der Waals surface area (Å²) in [7, 11) is 0. The van der Waals surface area contributed by atoms with E-state index in [9.17, 15) is 4.39 Å². The summed E-state index contributed by atoms with van der Waals surface area (Å²) in [6, 6.07) is 0. The lowest BCUT2D eigenvalue weighted by Gasteiger charge is -2.10. The molecule has 0 atom stereocenters. The normalized spacial score (nSPS) is 12.9. The summed E-state index contributed by atoms with van der Waals surface area (Å²) in [6.07, 6.45) is 4.79. The van der Waals surface area contributed by atoms with Gasteiger partial charge in [0.15, 0.2) is 5.83 Å². The Morgan fingerprint density at radius 3 is 2.10 bits per heavy atom. The van der Waals surface area contributed by atoms with E-state index in [0.29, 0.717) is 5.71 Å². The van der Waals surface area contributed by atoms with E-state index in [0.717, 1.165) is 28.5 Å². The molecule has 0 aliphatic heterocycles. The molecule has 0 aromatic heterocycles. The van der Waals surface area contributed by atoms with Gasteiger partial charge in [-0.3, -0.25) is 4.99 Å². The maximum atomic E-state index is 13.2. The Kier molecular flexibility index (Phi) is 7.22. The summed E-state index contributed by atoms with van der Waals surface area (Å²) in [6.45, 7) is 18.7. The Balaban J connectivity index is 5.47. The Morgan fingerprint density at radius 1 is 1.15 bits per heavy atom. The van der Waals surface area contributed by atoms with Gasteiger partial charge in [-0.05, 0) is 38.8 Å². The van der Waals surface area contributed by atoms with Crippen LogP contribution in [0, 0.1) is 0 Å². The topological polar surface area (TPSA) is 38.4 Å². The van der Waals surface area contributed by atoms with Crippen molar-refractivity contribution in [1.29, 1.82) is 0 Å². The highest BCUT2D eigenvalue weighted by Gasteiger charge is 2.06. The van der Waals surface area contributed by atoms with E-state index in [-0.39, 0.29) is 5.70 Å². The molecule has 2 nitrogen and oxygen atoms in total. The summed E-state index contributed by atoms with van der Waals surface area (Å²) in [4.78, 5) is 4.03. The molecule has 0 unspecified atom stereocenters. The first-order chi connectivity index (χ1) is 9.20. The van der Waals surface area contributed by atoms with Crippen molar-refractivity contribution in [1.82, 2.24) is 0 Å². The van der Waals surface area contributed by atoms with Crippen LogP contribution in [0.2, 0.25) is 0 Å². The Bertz CT molecular complexity index is 539. The Morgan fingerprint density at radius 2 is 1.70 bits per heavy atom. The lowest BCUT2D eigenvalue weighted by Crippen LogP contribution is -2.00. The van der Waals surface area contributed by atoms with Crippen LogP contribution in [0.25, 0.3) is 0 Å². The second-order valence-corrected chi connectivity index (χ2v) is 4.70. The predicted molar refractivity (Wildman–Crippen MR) is 87.1 cm³/mol. The standard InChI is InChI=1S/C17H23FN2/c1-8-12(4)9-16(11(2)3)13(5)15(7)20-10-17(18)14(6)19/h8-10H,1,5-6,19H2,2-4,7H3/b12-9-,17-10+,20-15+. The minimum absolute atomic E-state index is 0.142. The highest BCUT2D eigenvalue weighted by molar-refractivity contribution is 6.02. The first-order valence-corrected chi connectivity index (χ1v) is 6.23. The molecule has 0 bridgehead atoms. The fourth-order valence-corrected chi connectivity index (χ4v) is 1.33. The quantitative estimate of drug-likeness (QED) is 0.550. The Labute approximate surface area is 121 Å². The fraction of sp³-hybridized carbons (Fsp3) is 0.235. The van der Waals surface area contributed by atoms with Gasteiger partial charge in [0.25, 0.3) is 0 Å². The van der Waals surface area contributed by atoms with Crippen LogP contribution in [-0.2, 0) is 0 Å². The van der Waals surface area contributed by atoms with Crippen LogP contribution in [0.1, 0.15) is 27.7 Å². The zero-order chi connectivity index (χ0) is 15.9. The van der Waals surface area contributed by atoms with Crippen molar-refractivity contribution >= 4 is 5.71 Å².